The number of hydrogen-bond acceptors (Lipinski definition) is 4. The molecule has 0 aliphatic carbocycles. The van der Waals surface area contributed by atoms with Crippen molar-refractivity contribution in [3.05, 3.63) is 29.3 Å². The van der Waals surface area contributed by atoms with Crippen LogP contribution in [0.15, 0.2) is 17.2 Å². The van der Waals surface area contributed by atoms with Gasteiger partial charge in [0.25, 0.3) is 0 Å². The summed E-state index contributed by atoms with van der Waals surface area (Å²) in [5, 5.41) is 20.0. The van der Waals surface area contributed by atoms with Crippen LogP contribution in [0.5, 0.6) is 0 Å². The predicted octanol–water partition coefficient (Wildman–Crippen LogP) is 2.09. The maximum Gasteiger partial charge on any atom is 0.237 e. The molecule has 80 valence electrons. The minimum Gasteiger partial charge on any atom is -0.271 e. The third kappa shape index (κ3) is 2.52. The lowest BCUT2D eigenvalue weighted by atomic mass is 10.2. The zero-order valence-corrected chi connectivity index (χ0v) is 8.25. The number of benzene rings is 1. The highest BCUT2D eigenvalue weighted by Crippen LogP contribution is 2.20. The minimum absolute atomic E-state index is 0.422. The molecule has 0 unspecified atom stereocenters. The van der Waals surface area contributed by atoms with Crippen molar-refractivity contribution in [1.29, 1.82) is 10.5 Å². The Bertz CT molecular complexity index is 484. The topological polar surface area (TPSA) is 72.0 Å². The summed E-state index contributed by atoms with van der Waals surface area (Å²) in [6.07, 6.45) is 0. The van der Waals surface area contributed by atoms with Crippen molar-refractivity contribution in [3.63, 3.8) is 0 Å². The Morgan fingerprint density at radius 2 is 1.75 bits per heavy atom. The first kappa shape index (κ1) is 11.6. The quantitative estimate of drug-likeness (QED) is 0.612. The van der Waals surface area contributed by atoms with Crippen LogP contribution in [0.25, 0.3) is 0 Å². The van der Waals surface area contributed by atoms with Crippen LogP contribution in [0.1, 0.15) is 5.56 Å². The lowest BCUT2D eigenvalue weighted by molar-refractivity contribution is 0.587. The van der Waals surface area contributed by atoms with Crippen molar-refractivity contribution >= 4 is 11.4 Å². The molecular weight excluding hydrogens is 214 g/mol. The van der Waals surface area contributed by atoms with E-state index in [0.29, 0.717) is 5.56 Å². The molecule has 1 rings (SSSR count). The van der Waals surface area contributed by atoms with Crippen LogP contribution in [0.2, 0.25) is 0 Å². The highest BCUT2D eigenvalue weighted by atomic mass is 19.1. The molecule has 0 amide bonds. The fourth-order valence-electron chi connectivity index (χ4n) is 0.993. The molecule has 0 heterocycles. The summed E-state index contributed by atoms with van der Waals surface area (Å²) in [5.41, 5.74) is 1.42. The summed E-state index contributed by atoms with van der Waals surface area (Å²) in [6, 6.07) is 5.13. The maximum absolute atomic E-state index is 13.2. The van der Waals surface area contributed by atoms with E-state index < -0.39 is 23.0 Å². The van der Waals surface area contributed by atoms with Gasteiger partial charge in [0.1, 0.15) is 17.8 Å². The second-order valence-corrected chi connectivity index (χ2v) is 2.90. The van der Waals surface area contributed by atoms with E-state index in [0.717, 1.165) is 12.1 Å². The second-order valence-electron chi connectivity index (χ2n) is 2.90. The van der Waals surface area contributed by atoms with Gasteiger partial charge in [-0.1, -0.05) is 0 Å². The first-order chi connectivity index (χ1) is 7.58. The molecule has 0 bridgehead atoms. The summed E-state index contributed by atoms with van der Waals surface area (Å²) >= 11 is 0. The predicted molar refractivity (Wildman–Crippen MR) is 53.4 cm³/mol. The third-order valence-corrected chi connectivity index (χ3v) is 1.68. The fraction of sp³-hybridized carbons (Fsp3) is 0.100. The molecule has 0 radical (unpaired) electrons. The van der Waals surface area contributed by atoms with Gasteiger partial charge in [0.2, 0.25) is 5.71 Å². The molecule has 0 aliphatic heterocycles. The molecule has 1 aromatic rings. The highest BCUT2D eigenvalue weighted by Gasteiger charge is 2.09. The Kier molecular flexibility index (Phi) is 3.52. The van der Waals surface area contributed by atoms with Crippen molar-refractivity contribution in [2.45, 2.75) is 6.92 Å². The van der Waals surface area contributed by atoms with E-state index in [1.807, 2.05) is 5.43 Å². The van der Waals surface area contributed by atoms with Crippen LogP contribution in [-0.4, -0.2) is 5.71 Å². The molecule has 4 nitrogen and oxygen atoms in total. The van der Waals surface area contributed by atoms with Crippen LogP contribution in [-0.2, 0) is 0 Å². The number of hydrazone groups is 1. The number of nitriles is 2. The van der Waals surface area contributed by atoms with Crippen LogP contribution in [0.3, 0.4) is 0 Å². The smallest absolute Gasteiger partial charge is 0.237 e. The van der Waals surface area contributed by atoms with Crippen molar-refractivity contribution in [2.75, 3.05) is 5.43 Å². The molecule has 0 saturated carbocycles. The van der Waals surface area contributed by atoms with Gasteiger partial charge in [0.15, 0.2) is 11.6 Å². The number of rotatable bonds is 2. The summed E-state index contributed by atoms with van der Waals surface area (Å²) in [5.74, 6) is -1.67. The van der Waals surface area contributed by atoms with Gasteiger partial charge < -0.3 is 0 Å². The molecule has 0 atom stereocenters. The number of nitrogens with zero attached hydrogens (tertiary/aromatic N) is 3. The number of halogens is 2. The summed E-state index contributed by atoms with van der Waals surface area (Å²) in [6.45, 7) is 1.54. The van der Waals surface area contributed by atoms with E-state index in [-0.39, 0.29) is 0 Å². The van der Waals surface area contributed by atoms with Gasteiger partial charge in [0.05, 0.1) is 0 Å². The molecule has 0 fully saturated rings. The Labute approximate surface area is 90.4 Å². The van der Waals surface area contributed by atoms with Gasteiger partial charge in [-0.3, -0.25) is 5.43 Å². The lowest BCUT2D eigenvalue weighted by Crippen LogP contribution is -2.01. The number of anilines is 1. The summed E-state index contributed by atoms with van der Waals surface area (Å²) in [4.78, 5) is 0. The molecule has 0 saturated heterocycles. The summed E-state index contributed by atoms with van der Waals surface area (Å²) in [7, 11) is 0. The average Bonchev–Trinajstić information content (AvgIpc) is 2.22. The minimum atomic E-state index is -0.837. The molecule has 6 heteroatoms. The molecule has 1 N–H and O–H groups in total. The van der Waals surface area contributed by atoms with Crippen LogP contribution in [0.4, 0.5) is 14.5 Å². The van der Waals surface area contributed by atoms with Crippen molar-refractivity contribution in [2.24, 2.45) is 5.10 Å². The fourth-order valence-corrected chi connectivity index (χ4v) is 0.993. The molecule has 0 aliphatic rings. The second kappa shape index (κ2) is 4.85. The standard InChI is InChI=1S/C10H6F2N4/c1-6-2-8(11)10(9(12)3-6)16-15-7(4-13)5-14/h2-3,16H,1H3. The first-order valence-corrected chi connectivity index (χ1v) is 4.18. The highest BCUT2D eigenvalue weighted by molar-refractivity contribution is 6.10. The van der Waals surface area contributed by atoms with E-state index in [4.69, 9.17) is 10.5 Å². The molecular formula is C10H6F2N4. The monoisotopic (exact) mass is 220 g/mol. The molecule has 16 heavy (non-hydrogen) atoms. The molecule has 0 spiro atoms. The SMILES string of the molecule is Cc1cc(F)c(NN=C(C#N)C#N)c(F)c1. The van der Waals surface area contributed by atoms with E-state index in [9.17, 15) is 8.78 Å². The maximum atomic E-state index is 13.2. The van der Waals surface area contributed by atoms with Crippen LogP contribution in [0, 0.1) is 41.2 Å². The summed E-state index contributed by atoms with van der Waals surface area (Å²) < 4.78 is 26.5. The number of nitrogens with one attached hydrogen (secondary N) is 1. The Morgan fingerprint density at radius 1 is 1.25 bits per heavy atom. The van der Waals surface area contributed by atoms with Crippen molar-refractivity contribution < 1.29 is 8.78 Å². The zero-order valence-electron chi connectivity index (χ0n) is 8.25. The van der Waals surface area contributed by atoms with Crippen LogP contribution < -0.4 is 5.43 Å². The van der Waals surface area contributed by atoms with E-state index >= 15 is 0 Å². The van der Waals surface area contributed by atoms with Crippen molar-refractivity contribution in [3.8, 4) is 12.1 Å². The van der Waals surface area contributed by atoms with Crippen molar-refractivity contribution in [1.82, 2.24) is 0 Å². The Balaban J connectivity index is 3.05. The lowest BCUT2D eigenvalue weighted by Gasteiger charge is -2.04. The van der Waals surface area contributed by atoms with Gasteiger partial charge in [-0.15, -0.1) is 0 Å². The van der Waals surface area contributed by atoms with Gasteiger partial charge in [-0.2, -0.15) is 15.6 Å². The molecule has 0 aromatic heterocycles. The van der Waals surface area contributed by atoms with E-state index in [1.165, 1.54) is 19.1 Å². The first-order valence-electron chi connectivity index (χ1n) is 4.18. The normalized spacial score (nSPS) is 8.81. The average molecular weight is 220 g/mol. The van der Waals surface area contributed by atoms with Gasteiger partial charge in [-0.25, -0.2) is 8.78 Å². The number of hydrogen-bond donors (Lipinski definition) is 1. The van der Waals surface area contributed by atoms with Crippen LogP contribution >= 0.6 is 0 Å². The van der Waals surface area contributed by atoms with E-state index in [1.54, 1.807) is 0 Å². The largest absolute Gasteiger partial charge is 0.271 e. The van der Waals surface area contributed by atoms with E-state index in [2.05, 4.69) is 5.10 Å². The Morgan fingerprint density at radius 3 is 2.19 bits per heavy atom. The van der Waals surface area contributed by atoms with Gasteiger partial charge >= 0.3 is 0 Å². The zero-order chi connectivity index (χ0) is 12.1. The van der Waals surface area contributed by atoms with Gasteiger partial charge in [0, 0.05) is 0 Å². The number of aryl methyl sites for hydroxylation is 1. The Hall–Kier alpha value is -2.47. The molecule has 1 aromatic carbocycles. The third-order valence-electron chi connectivity index (χ3n) is 1.68. The van der Waals surface area contributed by atoms with Gasteiger partial charge in [-0.05, 0) is 24.6 Å².